The van der Waals surface area contributed by atoms with Gasteiger partial charge in [0.05, 0.1) is 0 Å². The first-order chi connectivity index (χ1) is 6.47. The maximum Gasteiger partial charge on any atom is 0.330 e. The Balaban J connectivity index is 0.000000171. The fourth-order valence-electron chi connectivity index (χ4n) is 0.932. The first-order valence-corrected chi connectivity index (χ1v) is 6.07. The van der Waals surface area contributed by atoms with E-state index in [9.17, 15) is 0 Å². The lowest BCUT2D eigenvalue weighted by molar-refractivity contribution is 0.485. The summed E-state index contributed by atoms with van der Waals surface area (Å²) in [5, 5.41) is 8.14. The molecule has 2 aliphatic rings. The molecule has 0 aromatic heterocycles. The molecule has 1 aliphatic heterocycles. The van der Waals surface area contributed by atoms with Gasteiger partial charge in [-0.1, -0.05) is 18.2 Å². The Bertz CT molecular complexity index is 428. The number of nitrogens with two attached hydrogens (primary N) is 1. The summed E-state index contributed by atoms with van der Waals surface area (Å²) in [6.45, 7) is 0. The summed E-state index contributed by atoms with van der Waals surface area (Å²) in [5.74, 6) is 0. The highest BCUT2D eigenvalue weighted by Gasteiger charge is 1.96. The molecular formula is C8H9NO3S2. The minimum absolute atomic E-state index is 1.34. The van der Waals surface area contributed by atoms with E-state index in [1.54, 1.807) is 11.3 Å². The Morgan fingerprint density at radius 3 is 2.36 bits per heavy atom. The molecule has 0 atom stereocenters. The standard InChI is InChI=1S/C8H6S.H3NO3S/c1-2-7-4-5-9-6-8(7)3-1;1-5(2,3)4/h1-6H;(H3,1,2,3,4). The van der Waals surface area contributed by atoms with Gasteiger partial charge in [-0.15, -0.1) is 0 Å². The summed E-state index contributed by atoms with van der Waals surface area (Å²) in [4.78, 5) is 0. The fourth-order valence-corrected chi connectivity index (χ4v) is 1.60. The van der Waals surface area contributed by atoms with Crippen molar-refractivity contribution in [3.8, 4) is 11.1 Å². The molecule has 0 saturated carbocycles. The van der Waals surface area contributed by atoms with Crippen molar-refractivity contribution < 1.29 is 13.0 Å². The zero-order chi connectivity index (χ0) is 10.6. The molecule has 2 rings (SSSR count). The number of fused-ring (bicyclic) bond motifs is 1. The van der Waals surface area contributed by atoms with E-state index < -0.39 is 10.3 Å². The van der Waals surface area contributed by atoms with Crippen LogP contribution in [0.2, 0.25) is 0 Å². The van der Waals surface area contributed by atoms with Gasteiger partial charge in [0, 0.05) is 0 Å². The van der Waals surface area contributed by atoms with Gasteiger partial charge in [-0.2, -0.15) is 19.8 Å². The highest BCUT2D eigenvalue weighted by atomic mass is 32.2. The molecule has 14 heavy (non-hydrogen) atoms. The van der Waals surface area contributed by atoms with Crippen molar-refractivity contribution in [2.45, 2.75) is 0 Å². The average molecular weight is 231 g/mol. The minimum Gasteiger partial charge on any atom is -0.274 e. The van der Waals surface area contributed by atoms with Crippen molar-refractivity contribution in [3.63, 3.8) is 0 Å². The zero-order valence-electron chi connectivity index (χ0n) is 7.12. The molecule has 4 nitrogen and oxygen atoms in total. The molecule has 0 radical (unpaired) electrons. The van der Waals surface area contributed by atoms with Crippen LogP contribution in [-0.2, 0) is 10.3 Å². The average Bonchev–Trinajstić information content (AvgIpc) is 2.47. The Morgan fingerprint density at radius 2 is 1.79 bits per heavy atom. The maximum absolute atomic E-state index is 8.97. The molecule has 0 aromatic rings. The second-order valence-electron chi connectivity index (χ2n) is 2.51. The Labute approximate surface area is 86.2 Å². The first kappa shape index (κ1) is 11.1. The Kier molecular flexibility index (Phi) is 3.59. The van der Waals surface area contributed by atoms with Crippen LogP contribution < -0.4 is 5.14 Å². The molecule has 1 aliphatic carbocycles. The molecule has 0 bridgehead atoms. The van der Waals surface area contributed by atoms with Crippen molar-refractivity contribution in [3.05, 3.63) is 35.0 Å². The number of hydrogen-bond donors (Lipinski definition) is 2. The monoisotopic (exact) mass is 231 g/mol. The van der Waals surface area contributed by atoms with Crippen LogP contribution in [0.25, 0.3) is 11.1 Å². The minimum atomic E-state index is -4.17. The van der Waals surface area contributed by atoms with Crippen LogP contribution in [0.5, 0.6) is 0 Å². The molecule has 0 saturated heterocycles. The maximum atomic E-state index is 8.97. The second kappa shape index (κ2) is 4.52. The van der Waals surface area contributed by atoms with Crippen molar-refractivity contribution in [1.82, 2.24) is 0 Å². The van der Waals surface area contributed by atoms with Crippen molar-refractivity contribution >= 4 is 21.6 Å². The molecule has 0 amide bonds. The largest absolute Gasteiger partial charge is 0.330 e. The van der Waals surface area contributed by atoms with Gasteiger partial charge in [0.1, 0.15) is 0 Å². The summed E-state index contributed by atoms with van der Waals surface area (Å²) in [6, 6.07) is 8.48. The van der Waals surface area contributed by atoms with Crippen molar-refractivity contribution in [2.75, 3.05) is 0 Å². The first-order valence-electron chi connectivity index (χ1n) is 3.63. The van der Waals surface area contributed by atoms with Crippen LogP contribution in [0.4, 0.5) is 0 Å². The lowest BCUT2D eigenvalue weighted by Crippen LogP contribution is -2.08. The zero-order valence-corrected chi connectivity index (χ0v) is 8.75. The fraction of sp³-hybridized carbons (Fsp3) is 0. The predicted octanol–water partition coefficient (Wildman–Crippen LogP) is 1.60. The molecule has 0 spiro atoms. The summed E-state index contributed by atoms with van der Waals surface area (Å²) >= 11 is 1.74. The van der Waals surface area contributed by atoms with Gasteiger partial charge in [0.25, 0.3) is 0 Å². The van der Waals surface area contributed by atoms with E-state index in [0.717, 1.165) is 0 Å². The molecule has 0 aromatic carbocycles. The van der Waals surface area contributed by atoms with Crippen molar-refractivity contribution in [2.24, 2.45) is 5.14 Å². The van der Waals surface area contributed by atoms with Gasteiger partial charge >= 0.3 is 10.3 Å². The van der Waals surface area contributed by atoms with Crippen molar-refractivity contribution in [1.29, 1.82) is 0 Å². The van der Waals surface area contributed by atoms with Crippen LogP contribution in [-0.4, -0.2) is 13.0 Å². The van der Waals surface area contributed by atoms with Crippen LogP contribution in [0, 0.1) is 0 Å². The third kappa shape index (κ3) is 4.33. The molecule has 6 heteroatoms. The lowest BCUT2D eigenvalue weighted by atomic mass is 10.2. The summed E-state index contributed by atoms with van der Waals surface area (Å²) < 4.78 is 25.2. The molecule has 0 fully saturated rings. The van der Waals surface area contributed by atoms with Crippen LogP contribution >= 0.6 is 11.3 Å². The van der Waals surface area contributed by atoms with Gasteiger partial charge in [-0.05, 0) is 28.0 Å². The van der Waals surface area contributed by atoms with E-state index in [2.05, 4.69) is 40.2 Å². The number of rotatable bonds is 0. The van der Waals surface area contributed by atoms with Gasteiger partial charge in [0.2, 0.25) is 0 Å². The van der Waals surface area contributed by atoms with Gasteiger partial charge in [0.15, 0.2) is 0 Å². The molecule has 76 valence electrons. The lowest BCUT2D eigenvalue weighted by Gasteiger charge is -1.91. The second-order valence-corrected chi connectivity index (χ2v) is 4.32. The number of hydrogen-bond acceptors (Lipinski definition) is 3. The summed E-state index contributed by atoms with van der Waals surface area (Å²) in [5.41, 5.74) is 2.69. The van der Waals surface area contributed by atoms with E-state index in [1.807, 2.05) is 0 Å². The third-order valence-electron chi connectivity index (χ3n) is 1.41. The highest BCUT2D eigenvalue weighted by Crippen LogP contribution is 2.23. The van der Waals surface area contributed by atoms with E-state index in [0.29, 0.717) is 0 Å². The molecule has 0 unspecified atom stereocenters. The van der Waals surface area contributed by atoms with Gasteiger partial charge < -0.3 is 0 Å². The molecule has 3 N–H and O–H groups in total. The SMILES string of the molecule is NS(=O)(=O)O.c1cc2ccscc-2c1. The summed E-state index contributed by atoms with van der Waals surface area (Å²) in [6.07, 6.45) is 0. The Morgan fingerprint density at radius 1 is 1.21 bits per heavy atom. The van der Waals surface area contributed by atoms with E-state index in [4.69, 9.17) is 13.0 Å². The molecular weight excluding hydrogens is 222 g/mol. The highest BCUT2D eigenvalue weighted by molar-refractivity contribution is 7.83. The Hall–Kier alpha value is -0.950. The van der Waals surface area contributed by atoms with E-state index in [1.165, 1.54) is 11.1 Å². The summed E-state index contributed by atoms with van der Waals surface area (Å²) in [7, 11) is -4.17. The van der Waals surface area contributed by atoms with E-state index >= 15 is 0 Å². The van der Waals surface area contributed by atoms with E-state index in [-0.39, 0.29) is 0 Å². The topological polar surface area (TPSA) is 80.4 Å². The normalized spacial score (nSPS) is 10.7. The van der Waals surface area contributed by atoms with Crippen LogP contribution in [0.15, 0.2) is 35.0 Å². The van der Waals surface area contributed by atoms with Gasteiger partial charge in [-0.3, -0.25) is 4.55 Å². The quantitative estimate of drug-likeness (QED) is 0.676. The van der Waals surface area contributed by atoms with Crippen LogP contribution in [0.1, 0.15) is 0 Å². The van der Waals surface area contributed by atoms with Gasteiger partial charge in [-0.25, -0.2) is 5.14 Å². The van der Waals surface area contributed by atoms with Crippen LogP contribution in [0.3, 0.4) is 0 Å². The molecule has 1 heterocycles. The third-order valence-corrected chi connectivity index (χ3v) is 2.09. The smallest absolute Gasteiger partial charge is 0.274 e. The predicted molar refractivity (Wildman–Crippen MR) is 56.7 cm³/mol.